The van der Waals surface area contributed by atoms with Gasteiger partial charge in [-0.25, -0.2) is 0 Å². The molecule has 21 heavy (non-hydrogen) atoms. The molecule has 4 heteroatoms. The van der Waals surface area contributed by atoms with E-state index in [1.54, 1.807) is 18.2 Å². The summed E-state index contributed by atoms with van der Waals surface area (Å²) in [6, 6.07) is 9.45. The molecule has 0 radical (unpaired) electrons. The van der Waals surface area contributed by atoms with E-state index in [2.05, 4.69) is 30.1 Å². The summed E-state index contributed by atoms with van der Waals surface area (Å²) in [7, 11) is 0. The van der Waals surface area contributed by atoms with E-state index in [1.165, 1.54) is 0 Å². The van der Waals surface area contributed by atoms with Gasteiger partial charge >= 0.3 is 0 Å². The third-order valence-electron chi connectivity index (χ3n) is 4.37. The highest BCUT2D eigenvalue weighted by molar-refractivity contribution is 5.95. The molecular weight excluding hydrogens is 262 g/mol. The number of anilines is 1. The van der Waals surface area contributed by atoms with Crippen LogP contribution in [0.25, 0.3) is 0 Å². The Balaban J connectivity index is 2.05. The number of hydrogen-bond acceptors (Lipinski definition) is 3. The zero-order valence-corrected chi connectivity index (χ0v) is 13.0. The summed E-state index contributed by atoms with van der Waals surface area (Å²) in [6.45, 7) is 7.35. The average Bonchev–Trinajstić information content (AvgIpc) is 2.47. The Hall–Kier alpha value is -1.86. The van der Waals surface area contributed by atoms with Gasteiger partial charge in [-0.3, -0.25) is 9.69 Å². The second-order valence-electron chi connectivity index (χ2n) is 6.04. The van der Waals surface area contributed by atoms with E-state index in [0.717, 1.165) is 25.3 Å². The van der Waals surface area contributed by atoms with Crippen molar-refractivity contribution in [2.24, 2.45) is 5.92 Å². The molecule has 1 saturated heterocycles. The molecule has 1 aliphatic rings. The van der Waals surface area contributed by atoms with E-state index in [-0.39, 0.29) is 11.9 Å². The van der Waals surface area contributed by atoms with Gasteiger partial charge in [-0.1, -0.05) is 19.1 Å². The first kappa shape index (κ1) is 15.5. The first-order chi connectivity index (χ1) is 10.0. The molecule has 1 aromatic carbocycles. The number of hydrogen-bond donors (Lipinski definition) is 1. The van der Waals surface area contributed by atoms with Crippen LogP contribution < -0.4 is 5.32 Å². The number of carbonyl (C=O) groups is 1. The molecule has 0 aromatic heterocycles. The number of nitriles is 1. The molecule has 3 unspecified atom stereocenters. The van der Waals surface area contributed by atoms with Crippen molar-refractivity contribution in [3.05, 3.63) is 29.8 Å². The minimum atomic E-state index is -0.181. The Morgan fingerprint density at radius 1 is 1.43 bits per heavy atom. The van der Waals surface area contributed by atoms with Crippen LogP contribution in [-0.4, -0.2) is 29.4 Å². The van der Waals surface area contributed by atoms with E-state index < -0.39 is 0 Å². The molecule has 0 saturated carbocycles. The fraction of sp³-hybridized carbons (Fsp3) is 0.529. The van der Waals surface area contributed by atoms with Crippen LogP contribution in [0.15, 0.2) is 24.3 Å². The highest BCUT2D eigenvalue weighted by Gasteiger charge is 2.30. The molecule has 1 aliphatic heterocycles. The SMILES string of the molecule is CC1CCN(C(C)C(=O)Nc2ccccc2C#N)C(C)C1. The summed E-state index contributed by atoms with van der Waals surface area (Å²) >= 11 is 0. The first-order valence-corrected chi connectivity index (χ1v) is 7.58. The van der Waals surface area contributed by atoms with E-state index in [9.17, 15) is 4.79 Å². The van der Waals surface area contributed by atoms with Crippen molar-refractivity contribution >= 4 is 11.6 Å². The summed E-state index contributed by atoms with van der Waals surface area (Å²) in [4.78, 5) is 14.7. The monoisotopic (exact) mass is 285 g/mol. The van der Waals surface area contributed by atoms with Gasteiger partial charge in [0.05, 0.1) is 17.3 Å². The number of nitrogens with one attached hydrogen (secondary N) is 1. The highest BCUT2D eigenvalue weighted by Crippen LogP contribution is 2.24. The van der Waals surface area contributed by atoms with Crippen LogP contribution in [0.5, 0.6) is 0 Å². The zero-order chi connectivity index (χ0) is 15.4. The lowest BCUT2D eigenvalue weighted by Gasteiger charge is -2.39. The number of para-hydroxylation sites is 1. The van der Waals surface area contributed by atoms with Crippen LogP contribution in [0, 0.1) is 17.2 Å². The van der Waals surface area contributed by atoms with Crippen molar-refractivity contribution < 1.29 is 4.79 Å². The lowest BCUT2D eigenvalue weighted by atomic mass is 9.92. The van der Waals surface area contributed by atoms with Crippen LogP contribution in [0.4, 0.5) is 5.69 Å². The second-order valence-corrected chi connectivity index (χ2v) is 6.04. The van der Waals surface area contributed by atoms with Crippen LogP contribution >= 0.6 is 0 Å². The molecule has 112 valence electrons. The van der Waals surface area contributed by atoms with E-state index >= 15 is 0 Å². The molecule has 3 atom stereocenters. The number of rotatable bonds is 3. The molecule has 0 spiro atoms. The van der Waals surface area contributed by atoms with Crippen molar-refractivity contribution in [2.75, 3.05) is 11.9 Å². The molecule has 0 bridgehead atoms. The van der Waals surface area contributed by atoms with Crippen molar-refractivity contribution in [2.45, 2.75) is 45.7 Å². The van der Waals surface area contributed by atoms with Gasteiger partial charge in [-0.05, 0) is 51.3 Å². The number of piperidine rings is 1. The minimum Gasteiger partial charge on any atom is -0.324 e. The molecule has 1 heterocycles. The maximum atomic E-state index is 12.4. The molecule has 1 N–H and O–H groups in total. The maximum Gasteiger partial charge on any atom is 0.241 e. The summed E-state index contributed by atoms with van der Waals surface area (Å²) in [5, 5.41) is 12.0. The molecule has 0 aliphatic carbocycles. The Kier molecular flexibility index (Phi) is 4.98. The third kappa shape index (κ3) is 3.62. The summed E-state index contributed by atoms with van der Waals surface area (Å²) < 4.78 is 0. The maximum absolute atomic E-state index is 12.4. The van der Waals surface area contributed by atoms with Gasteiger partial charge in [0.15, 0.2) is 0 Å². The lowest BCUT2D eigenvalue weighted by Crippen LogP contribution is -2.50. The van der Waals surface area contributed by atoms with Crippen molar-refractivity contribution in [1.29, 1.82) is 5.26 Å². The minimum absolute atomic E-state index is 0.0425. The molecule has 1 aromatic rings. The highest BCUT2D eigenvalue weighted by atomic mass is 16.2. The summed E-state index contributed by atoms with van der Waals surface area (Å²) in [5.41, 5.74) is 1.09. The number of amides is 1. The van der Waals surface area contributed by atoms with Gasteiger partial charge in [0.2, 0.25) is 5.91 Å². The van der Waals surface area contributed by atoms with Gasteiger partial charge in [-0.2, -0.15) is 5.26 Å². The largest absolute Gasteiger partial charge is 0.324 e. The Labute approximate surface area is 126 Å². The molecule has 1 amide bonds. The predicted octanol–water partition coefficient (Wildman–Crippen LogP) is 3.01. The number of nitrogens with zero attached hydrogens (tertiary/aromatic N) is 2. The normalized spacial score (nSPS) is 24.1. The van der Waals surface area contributed by atoms with E-state index in [4.69, 9.17) is 5.26 Å². The van der Waals surface area contributed by atoms with Gasteiger partial charge in [0.25, 0.3) is 0 Å². The van der Waals surface area contributed by atoms with Crippen molar-refractivity contribution in [3.8, 4) is 6.07 Å². The summed E-state index contributed by atoms with van der Waals surface area (Å²) in [5.74, 6) is 0.685. The molecule has 1 fully saturated rings. The quantitative estimate of drug-likeness (QED) is 0.928. The third-order valence-corrected chi connectivity index (χ3v) is 4.37. The smallest absolute Gasteiger partial charge is 0.241 e. The van der Waals surface area contributed by atoms with Crippen LogP contribution in [-0.2, 0) is 4.79 Å². The van der Waals surface area contributed by atoms with Crippen molar-refractivity contribution in [3.63, 3.8) is 0 Å². The van der Waals surface area contributed by atoms with Gasteiger partial charge in [-0.15, -0.1) is 0 Å². The molecule has 2 rings (SSSR count). The molecule has 4 nitrogen and oxygen atoms in total. The van der Waals surface area contributed by atoms with Gasteiger partial charge in [0.1, 0.15) is 6.07 Å². The summed E-state index contributed by atoms with van der Waals surface area (Å²) in [6.07, 6.45) is 2.27. The number of benzene rings is 1. The Morgan fingerprint density at radius 3 is 2.81 bits per heavy atom. The van der Waals surface area contributed by atoms with E-state index in [0.29, 0.717) is 17.3 Å². The van der Waals surface area contributed by atoms with Gasteiger partial charge < -0.3 is 5.32 Å². The van der Waals surface area contributed by atoms with Crippen LogP contribution in [0.2, 0.25) is 0 Å². The average molecular weight is 285 g/mol. The standard InChI is InChI=1S/C17H23N3O/c1-12-8-9-20(13(2)10-12)14(3)17(21)19-16-7-5-4-6-15(16)11-18/h4-7,12-14H,8-10H2,1-3H3,(H,19,21). The molecular formula is C17H23N3O. The fourth-order valence-electron chi connectivity index (χ4n) is 3.08. The topological polar surface area (TPSA) is 56.1 Å². The van der Waals surface area contributed by atoms with E-state index in [1.807, 2.05) is 13.0 Å². The van der Waals surface area contributed by atoms with Crippen LogP contribution in [0.1, 0.15) is 39.2 Å². The lowest BCUT2D eigenvalue weighted by molar-refractivity contribution is -0.122. The van der Waals surface area contributed by atoms with Gasteiger partial charge in [0, 0.05) is 6.04 Å². The first-order valence-electron chi connectivity index (χ1n) is 7.58. The zero-order valence-electron chi connectivity index (χ0n) is 13.0. The predicted molar refractivity (Wildman–Crippen MR) is 83.8 cm³/mol. The Morgan fingerprint density at radius 2 is 2.14 bits per heavy atom. The second kappa shape index (κ2) is 6.73. The van der Waals surface area contributed by atoms with Crippen LogP contribution in [0.3, 0.4) is 0 Å². The number of likely N-dealkylation sites (tertiary alicyclic amines) is 1. The number of carbonyl (C=O) groups excluding carboxylic acids is 1. The Bertz CT molecular complexity index is 549. The fourth-order valence-corrected chi connectivity index (χ4v) is 3.08. The van der Waals surface area contributed by atoms with Crippen molar-refractivity contribution in [1.82, 2.24) is 4.90 Å².